The van der Waals surface area contributed by atoms with Crippen LogP contribution in [0.15, 0.2) is 204 Å². The molecule has 3 nitrogen and oxygen atoms in total. The molecule has 0 radical (unpaired) electrons. The van der Waals surface area contributed by atoms with Crippen molar-refractivity contribution < 1.29 is 0 Å². The third-order valence-electron chi connectivity index (χ3n) is 14.9. The second kappa shape index (κ2) is 16.9. The van der Waals surface area contributed by atoms with E-state index in [4.69, 9.17) is 4.98 Å². The highest BCUT2D eigenvalue weighted by Crippen LogP contribution is 2.52. The van der Waals surface area contributed by atoms with E-state index in [1.165, 1.54) is 77.8 Å². The van der Waals surface area contributed by atoms with Gasteiger partial charge in [0, 0.05) is 45.1 Å². The predicted molar refractivity (Wildman–Crippen MR) is 290 cm³/mol. The summed E-state index contributed by atoms with van der Waals surface area (Å²) in [7, 11) is 0. The van der Waals surface area contributed by atoms with Crippen LogP contribution in [0.2, 0.25) is 0 Å². The van der Waals surface area contributed by atoms with Gasteiger partial charge < -0.3 is 4.90 Å². The normalized spacial score (nSPS) is 14.7. The van der Waals surface area contributed by atoms with E-state index in [0.29, 0.717) is 0 Å². The van der Waals surface area contributed by atoms with Crippen molar-refractivity contribution in [3.8, 4) is 55.8 Å². The van der Waals surface area contributed by atoms with Gasteiger partial charge in [-0.2, -0.15) is 0 Å². The highest BCUT2D eigenvalue weighted by molar-refractivity contribution is 6.16. The van der Waals surface area contributed by atoms with E-state index in [9.17, 15) is 0 Å². The number of anilines is 1. The standard InChI is InChI=1S/C63H51N3.C2H6/c1-62(2)54-23-13-11-20-46(54)48-33-31-42(35-56(48)62)51-37-53-52(41-29-27-40(28-30-41)39-66(44-17-7-6-8-18-44)60-26-16-15-25-58(60)64-5)38-59(65-61(53)50-22-10-9-19-45(50)51)43-32-34-49-47-21-12-14-24-55(47)63(3,4)57(49)36-43;1-2/h6-15,17-25,27-38H,5,16,26,39H2,1-4H3;1-2H3. The average Bonchev–Trinajstić information content (AvgIpc) is 3.77. The number of para-hydroxylation sites is 1. The van der Waals surface area contributed by atoms with Crippen molar-refractivity contribution in [2.45, 2.75) is 71.8 Å². The zero-order valence-electron chi connectivity index (χ0n) is 40.1. The molecule has 8 aromatic carbocycles. The van der Waals surface area contributed by atoms with E-state index >= 15 is 0 Å². The average molecular weight is 880 g/mol. The zero-order valence-corrected chi connectivity index (χ0v) is 40.1. The summed E-state index contributed by atoms with van der Waals surface area (Å²) < 4.78 is 0. The molecule has 0 fully saturated rings. The number of rotatable bonds is 8. The summed E-state index contributed by atoms with van der Waals surface area (Å²) in [6.45, 7) is 18.1. The summed E-state index contributed by atoms with van der Waals surface area (Å²) in [6, 6.07) is 65.4. The SMILES string of the molecule is C=NC1=C(N(Cc2ccc(-c3cc(-c4ccc5c(c4)C(C)(C)c4ccccc4-5)nc4c3cc(-c3ccc5c(c3)C(C)(C)c3ccccc3-5)c3ccccc34)cc2)c2ccccc2)CCC=C1.CC. The minimum absolute atomic E-state index is 0.103. The molecule has 68 heavy (non-hydrogen) atoms. The van der Waals surface area contributed by atoms with Crippen molar-refractivity contribution in [1.82, 2.24) is 4.98 Å². The lowest BCUT2D eigenvalue weighted by atomic mass is 9.81. The Morgan fingerprint density at radius 1 is 0.515 bits per heavy atom. The number of aliphatic imine (C=N–C) groups is 1. The molecule has 0 spiro atoms. The molecule has 0 atom stereocenters. The molecule has 9 aromatic rings. The van der Waals surface area contributed by atoms with Crippen LogP contribution >= 0.6 is 0 Å². The highest BCUT2D eigenvalue weighted by Gasteiger charge is 2.37. The first-order valence-electron chi connectivity index (χ1n) is 24.3. The van der Waals surface area contributed by atoms with Gasteiger partial charge >= 0.3 is 0 Å². The van der Waals surface area contributed by atoms with Gasteiger partial charge in [-0.3, -0.25) is 4.99 Å². The van der Waals surface area contributed by atoms with E-state index in [-0.39, 0.29) is 10.8 Å². The molecule has 0 saturated heterocycles. The topological polar surface area (TPSA) is 28.5 Å². The van der Waals surface area contributed by atoms with Crippen LogP contribution in [0.3, 0.4) is 0 Å². The molecular weight excluding hydrogens is 823 g/mol. The second-order valence-electron chi connectivity index (χ2n) is 19.3. The van der Waals surface area contributed by atoms with Crippen molar-refractivity contribution in [1.29, 1.82) is 0 Å². The minimum Gasteiger partial charge on any atom is -0.339 e. The summed E-state index contributed by atoms with van der Waals surface area (Å²) in [5.74, 6) is 0. The van der Waals surface area contributed by atoms with Crippen molar-refractivity contribution in [3.63, 3.8) is 0 Å². The number of aromatic nitrogens is 1. The Hall–Kier alpha value is -7.62. The van der Waals surface area contributed by atoms with Crippen molar-refractivity contribution in [2.24, 2.45) is 4.99 Å². The molecule has 0 N–H and O–H groups in total. The number of allylic oxidation sites excluding steroid dienone is 3. The van der Waals surface area contributed by atoms with Gasteiger partial charge in [-0.1, -0.05) is 187 Å². The monoisotopic (exact) mass is 879 g/mol. The van der Waals surface area contributed by atoms with E-state index in [1.807, 2.05) is 13.8 Å². The number of fused-ring (bicyclic) bond motifs is 9. The van der Waals surface area contributed by atoms with Gasteiger partial charge in [0.25, 0.3) is 0 Å². The summed E-state index contributed by atoms with van der Waals surface area (Å²) in [5.41, 5.74) is 23.0. The number of benzene rings is 8. The molecule has 12 rings (SSSR count). The Kier molecular flexibility index (Phi) is 10.7. The number of pyridine rings is 1. The molecule has 1 aromatic heterocycles. The second-order valence-corrected chi connectivity index (χ2v) is 19.3. The first kappa shape index (κ1) is 43.0. The highest BCUT2D eigenvalue weighted by atomic mass is 15.2. The molecule has 332 valence electrons. The summed E-state index contributed by atoms with van der Waals surface area (Å²) >= 11 is 0. The van der Waals surface area contributed by atoms with Gasteiger partial charge in [0.15, 0.2) is 0 Å². The Balaban J connectivity index is 0.00000250. The van der Waals surface area contributed by atoms with Crippen LogP contribution in [-0.2, 0) is 17.4 Å². The number of nitrogens with zero attached hydrogens (tertiary/aromatic N) is 3. The van der Waals surface area contributed by atoms with Gasteiger partial charge in [-0.05, 0) is 140 Å². The van der Waals surface area contributed by atoms with Gasteiger partial charge in [-0.25, -0.2) is 4.98 Å². The smallest absolute Gasteiger partial charge is 0.0814 e. The molecule has 1 heterocycles. The lowest BCUT2D eigenvalue weighted by molar-refractivity contribution is 0.660. The molecule has 3 aliphatic carbocycles. The molecule has 0 amide bonds. The van der Waals surface area contributed by atoms with Gasteiger partial charge in [0.05, 0.1) is 16.9 Å². The first-order valence-corrected chi connectivity index (χ1v) is 24.3. The molecule has 3 aliphatic rings. The first-order chi connectivity index (χ1) is 33.2. The predicted octanol–water partition coefficient (Wildman–Crippen LogP) is 17.3. The maximum atomic E-state index is 5.65. The van der Waals surface area contributed by atoms with Crippen LogP contribution in [0.1, 0.15) is 82.2 Å². The van der Waals surface area contributed by atoms with E-state index in [0.717, 1.165) is 63.9 Å². The van der Waals surface area contributed by atoms with E-state index in [2.05, 4.69) is 232 Å². The Morgan fingerprint density at radius 3 is 1.72 bits per heavy atom. The van der Waals surface area contributed by atoms with Crippen molar-refractivity contribution in [3.05, 3.63) is 227 Å². The fourth-order valence-electron chi connectivity index (χ4n) is 11.4. The summed E-state index contributed by atoms with van der Waals surface area (Å²) in [4.78, 5) is 12.5. The molecule has 0 bridgehead atoms. The van der Waals surface area contributed by atoms with Crippen LogP contribution in [0.4, 0.5) is 5.69 Å². The lowest BCUT2D eigenvalue weighted by Gasteiger charge is -2.30. The summed E-state index contributed by atoms with van der Waals surface area (Å²) in [5, 5.41) is 3.50. The van der Waals surface area contributed by atoms with Crippen LogP contribution in [0.5, 0.6) is 0 Å². The molecular formula is C65H57N3. The molecule has 0 unspecified atom stereocenters. The number of hydrogen-bond donors (Lipinski definition) is 0. The Morgan fingerprint density at radius 2 is 1.06 bits per heavy atom. The quantitative estimate of drug-likeness (QED) is 0.112. The fraction of sp³-hybridized carbons (Fsp3) is 0.169. The molecule has 3 heteroatoms. The minimum atomic E-state index is -0.120. The van der Waals surface area contributed by atoms with Crippen molar-refractivity contribution in [2.75, 3.05) is 4.90 Å². The third-order valence-corrected chi connectivity index (χ3v) is 14.9. The Bertz CT molecular complexity index is 3510. The fourth-order valence-corrected chi connectivity index (χ4v) is 11.4. The van der Waals surface area contributed by atoms with Gasteiger partial charge in [0.1, 0.15) is 0 Å². The largest absolute Gasteiger partial charge is 0.339 e. The van der Waals surface area contributed by atoms with Crippen molar-refractivity contribution >= 4 is 34.1 Å². The zero-order chi connectivity index (χ0) is 46.7. The van der Waals surface area contributed by atoms with E-state index < -0.39 is 0 Å². The van der Waals surface area contributed by atoms with Crippen LogP contribution in [0.25, 0.3) is 77.4 Å². The van der Waals surface area contributed by atoms with Crippen LogP contribution in [-0.4, -0.2) is 11.7 Å². The summed E-state index contributed by atoms with van der Waals surface area (Å²) in [6.07, 6.45) is 6.20. The Labute approximate surface area is 401 Å². The third kappa shape index (κ3) is 6.94. The lowest BCUT2D eigenvalue weighted by Crippen LogP contribution is -2.24. The maximum Gasteiger partial charge on any atom is 0.0814 e. The maximum absolute atomic E-state index is 5.65. The molecule has 0 saturated carbocycles. The molecule has 0 aliphatic heterocycles. The van der Waals surface area contributed by atoms with Gasteiger partial charge in [-0.15, -0.1) is 0 Å². The van der Waals surface area contributed by atoms with Gasteiger partial charge in [0.2, 0.25) is 0 Å². The van der Waals surface area contributed by atoms with Crippen LogP contribution < -0.4 is 4.90 Å². The van der Waals surface area contributed by atoms with Crippen LogP contribution in [0, 0.1) is 0 Å². The van der Waals surface area contributed by atoms with E-state index in [1.54, 1.807) is 0 Å². The number of hydrogen-bond acceptors (Lipinski definition) is 3.